The molecule has 0 spiro atoms. The third kappa shape index (κ3) is 3.54. The van der Waals surface area contributed by atoms with Crippen molar-refractivity contribution in [2.24, 2.45) is 5.92 Å². The Morgan fingerprint density at radius 3 is 2.87 bits per heavy atom. The van der Waals surface area contributed by atoms with Gasteiger partial charge in [-0.1, -0.05) is 23.4 Å². The van der Waals surface area contributed by atoms with Gasteiger partial charge in [-0.15, -0.1) is 0 Å². The molecule has 3 aromatic heterocycles. The number of imidazole rings is 1. The molecule has 0 radical (unpaired) electrons. The van der Waals surface area contributed by atoms with Crippen molar-refractivity contribution >= 4 is 17.2 Å². The Labute approximate surface area is 173 Å². The molecule has 5 rings (SSSR count). The second kappa shape index (κ2) is 6.93. The molecule has 10 heteroatoms. The van der Waals surface area contributed by atoms with Crippen LogP contribution in [-0.2, 0) is 0 Å². The normalized spacial score (nSPS) is 18.3. The van der Waals surface area contributed by atoms with Gasteiger partial charge in [0.2, 0.25) is 11.7 Å². The molecule has 0 saturated heterocycles. The van der Waals surface area contributed by atoms with E-state index >= 15 is 0 Å². The number of carbonyl (C=O) groups excluding carboxylic acids is 1. The van der Waals surface area contributed by atoms with E-state index in [4.69, 9.17) is 4.52 Å². The van der Waals surface area contributed by atoms with Gasteiger partial charge in [-0.2, -0.15) is 18.2 Å². The molecule has 3 heterocycles. The van der Waals surface area contributed by atoms with Crippen molar-refractivity contribution in [2.75, 3.05) is 5.32 Å². The summed E-state index contributed by atoms with van der Waals surface area (Å²) in [6.07, 6.45) is -1.08. The predicted octanol–water partition coefficient (Wildman–Crippen LogP) is 4.61. The molecule has 0 aliphatic heterocycles. The van der Waals surface area contributed by atoms with Crippen LogP contribution in [0.1, 0.15) is 34.3 Å². The van der Waals surface area contributed by atoms with Gasteiger partial charge in [0.25, 0.3) is 5.91 Å². The van der Waals surface area contributed by atoms with Crippen molar-refractivity contribution in [2.45, 2.75) is 25.4 Å². The molecule has 31 heavy (non-hydrogen) atoms. The molecular formula is C21H16F3N5O2. The quantitative estimate of drug-likeness (QED) is 0.514. The lowest BCUT2D eigenvalue weighted by atomic mass is 10.1. The molecule has 1 N–H and O–H groups in total. The molecule has 1 aliphatic carbocycles. The van der Waals surface area contributed by atoms with Gasteiger partial charge in [0.05, 0.1) is 18.0 Å². The number of nitrogens with one attached hydrogen (secondary N) is 1. The zero-order valence-corrected chi connectivity index (χ0v) is 16.2. The first kappa shape index (κ1) is 19.3. The molecule has 2 atom stereocenters. The van der Waals surface area contributed by atoms with Crippen LogP contribution in [0.2, 0.25) is 0 Å². The lowest BCUT2D eigenvalue weighted by Gasteiger charge is -2.09. The average molecular weight is 427 g/mol. The van der Waals surface area contributed by atoms with Crippen LogP contribution in [0.4, 0.5) is 18.9 Å². The summed E-state index contributed by atoms with van der Waals surface area (Å²) >= 11 is 0. The van der Waals surface area contributed by atoms with Gasteiger partial charge < -0.3 is 9.84 Å². The fourth-order valence-electron chi connectivity index (χ4n) is 3.52. The van der Waals surface area contributed by atoms with Crippen molar-refractivity contribution in [3.8, 4) is 11.4 Å². The van der Waals surface area contributed by atoms with Crippen LogP contribution in [0.5, 0.6) is 0 Å². The van der Waals surface area contributed by atoms with Crippen LogP contribution < -0.4 is 5.32 Å². The minimum atomic E-state index is -4.27. The Morgan fingerprint density at radius 2 is 2.10 bits per heavy atom. The number of aryl methyl sites for hydroxylation is 1. The number of alkyl halides is 3. The highest BCUT2D eigenvalue weighted by molar-refractivity contribution is 6.04. The van der Waals surface area contributed by atoms with Crippen molar-refractivity contribution in [3.63, 3.8) is 0 Å². The molecule has 0 bridgehead atoms. The predicted molar refractivity (Wildman–Crippen MR) is 105 cm³/mol. The summed E-state index contributed by atoms with van der Waals surface area (Å²) in [5.74, 6) is -2.42. The van der Waals surface area contributed by atoms with E-state index in [9.17, 15) is 18.0 Å². The van der Waals surface area contributed by atoms with Gasteiger partial charge in [0.1, 0.15) is 11.3 Å². The van der Waals surface area contributed by atoms with Crippen molar-refractivity contribution in [3.05, 3.63) is 65.9 Å². The zero-order chi connectivity index (χ0) is 21.8. The Kier molecular flexibility index (Phi) is 4.31. The fraction of sp³-hybridized carbons (Fsp3) is 0.238. The molecule has 1 amide bonds. The van der Waals surface area contributed by atoms with Crippen molar-refractivity contribution < 1.29 is 22.5 Å². The Morgan fingerprint density at radius 1 is 1.26 bits per heavy atom. The Hall–Kier alpha value is -3.69. The van der Waals surface area contributed by atoms with Crippen LogP contribution in [0.15, 0.2) is 53.3 Å². The summed E-state index contributed by atoms with van der Waals surface area (Å²) in [7, 11) is 0. The highest BCUT2D eigenvalue weighted by atomic mass is 19.4. The Bertz CT molecular complexity index is 1290. The van der Waals surface area contributed by atoms with E-state index < -0.39 is 18.0 Å². The van der Waals surface area contributed by atoms with Crippen molar-refractivity contribution in [1.29, 1.82) is 0 Å². The lowest BCUT2D eigenvalue weighted by molar-refractivity contribution is -0.149. The SMILES string of the molecule is Cc1ccc(-c2noc(C3C[C@@H]3C(F)(F)F)n2)cc1NC(=O)c1cnc2ccccn12. The van der Waals surface area contributed by atoms with Crippen LogP contribution >= 0.6 is 0 Å². The molecule has 7 nitrogen and oxygen atoms in total. The number of fused-ring (bicyclic) bond motifs is 1. The van der Waals surface area contributed by atoms with E-state index in [1.165, 1.54) is 6.20 Å². The number of carbonyl (C=O) groups is 1. The van der Waals surface area contributed by atoms with Gasteiger partial charge in [-0.05, 0) is 37.1 Å². The van der Waals surface area contributed by atoms with Crippen LogP contribution in [0.25, 0.3) is 17.0 Å². The third-order valence-corrected chi connectivity index (χ3v) is 5.36. The number of aromatic nitrogens is 4. The third-order valence-electron chi connectivity index (χ3n) is 5.36. The molecule has 1 aromatic carbocycles. The summed E-state index contributed by atoms with van der Waals surface area (Å²) in [6.45, 7) is 1.83. The number of benzene rings is 1. The van der Waals surface area contributed by atoms with Crippen LogP contribution in [0, 0.1) is 12.8 Å². The number of anilines is 1. The summed E-state index contributed by atoms with van der Waals surface area (Å²) in [6, 6.07) is 10.6. The van der Waals surface area contributed by atoms with E-state index in [1.54, 1.807) is 40.9 Å². The van der Waals surface area contributed by atoms with Crippen LogP contribution in [-0.4, -0.2) is 31.6 Å². The standard InChI is InChI=1S/C21H16F3N5O2/c1-11-5-6-12(18-27-20(31-28-18)13-9-14(13)21(22,23)24)8-15(11)26-19(30)16-10-25-17-4-2-3-7-29(16)17/h2-8,10,13-14H,9H2,1H3,(H,26,30)/t13?,14-/m0/s1. The van der Waals surface area contributed by atoms with Crippen LogP contribution in [0.3, 0.4) is 0 Å². The number of hydrogen-bond acceptors (Lipinski definition) is 5. The molecular weight excluding hydrogens is 411 g/mol. The van der Waals surface area contributed by atoms with Gasteiger partial charge in [-0.25, -0.2) is 4.98 Å². The summed E-state index contributed by atoms with van der Waals surface area (Å²) in [5, 5.41) is 6.67. The van der Waals surface area contributed by atoms with Crippen molar-refractivity contribution in [1.82, 2.24) is 19.5 Å². The van der Waals surface area contributed by atoms with Gasteiger partial charge >= 0.3 is 6.18 Å². The highest BCUT2D eigenvalue weighted by Crippen LogP contribution is 2.55. The number of halogens is 3. The number of rotatable bonds is 4. The highest BCUT2D eigenvalue weighted by Gasteiger charge is 2.58. The van der Waals surface area contributed by atoms with Gasteiger partial charge in [0, 0.05) is 17.4 Å². The number of amides is 1. The average Bonchev–Trinajstić information content (AvgIpc) is 3.21. The number of pyridine rings is 1. The summed E-state index contributed by atoms with van der Waals surface area (Å²) in [5.41, 5.74) is 2.87. The minimum Gasteiger partial charge on any atom is -0.339 e. The first-order valence-electron chi connectivity index (χ1n) is 9.56. The van der Waals surface area contributed by atoms with E-state index in [1.807, 2.05) is 13.0 Å². The fourth-order valence-corrected chi connectivity index (χ4v) is 3.52. The number of nitrogens with zero attached hydrogens (tertiary/aromatic N) is 4. The minimum absolute atomic E-state index is 0.0192. The van der Waals surface area contributed by atoms with E-state index in [0.717, 1.165) is 5.56 Å². The first-order chi connectivity index (χ1) is 14.8. The monoisotopic (exact) mass is 427 g/mol. The van der Waals surface area contributed by atoms with E-state index in [-0.39, 0.29) is 24.0 Å². The van der Waals surface area contributed by atoms with Gasteiger partial charge in [0.15, 0.2) is 0 Å². The lowest BCUT2D eigenvalue weighted by Crippen LogP contribution is -2.15. The molecule has 1 unspecified atom stereocenters. The second-order valence-corrected chi connectivity index (χ2v) is 7.50. The smallest absolute Gasteiger partial charge is 0.339 e. The largest absolute Gasteiger partial charge is 0.392 e. The maximum atomic E-state index is 12.8. The summed E-state index contributed by atoms with van der Waals surface area (Å²) in [4.78, 5) is 21.1. The maximum Gasteiger partial charge on any atom is 0.392 e. The molecule has 1 saturated carbocycles. The zero-order valence-electron chi connectivity index (χ0n) is 16.2. The Balaban J connectivity index is 1.38. The number of hydrogen-bond donors (Lipinski definition) is 1. The van der Waals surface area contributed by atoms with Gasteiger partial charge in [-0.3, -0.25) is 9.20 Å². The molecule has 4 aromatic rings. The van der Waals surface area contributed by atoms with E-state index in [2.05, 4.69) is 20.4 Å². The second-order valence-electron chi connectivity index (χ2n) is 7.50. The summed E-state index contributed by atoms with van der Waals surface area (Å²) < 4.78 is 45.1. The van der Waals surface area contributed by atoms with E-state index in [0.29, 0.717) is 22.6 Å². The maximum absolute atomic E-state index is 12.8. The molecule has 1 fully saturated rings. The topological polar surface area (TPSA) is 85.3 Å². The molecule has 158 valence electrons. The first-order valence-corrected chi connectivity index (χ1v) is 9.56. The molecule has 1 aliphatic rings.